The number of nitrogens with one attached hydrogen (secondary N) is 2. The van der Waals surface area contributed by atoms with E-state index in [2.05, 4.69) is 10.0 Å². The molecule has 0 aromatic heterocycles. The van der Waals surface area contributed by atoms with Crippen LogP contribution in [0.15, 0.2) is 23.1 Å². The van der Waals surface area contributed by atoms with Crippen LogP contribution in [0.4, 0.5) is 0 Å². The lowest BCUT2D eigenvalue weighted by atomic mass is 10.3. The Morgan fingerprint density at radius 2 is 1.93 bits per heavy atom. The third-order valence-corrected chi connectivity index (χ3v) is 5.16. The molecule has 150 valence electrons. The Kier molecular flexibility index (Phi) is 7.43. The summed E-state index contributed by atoms with van der Waals surface area (Å²) < 4.78 is 42.8. The zero-order chi connectivity index (χ0) is 19.9. The highest BCUT2D eigenvalue weighted by Gasteiger charge is 2.20. The van der Waals surface area contributed by atoms with Crippen LogP contribution in [0.25, 0.3) is 0 Å². The summed E-state index contributed by atoms with van der Waals surface area (Å²) in [5, 5.41) is 2.55. The van der Waals surface area contributed by atoms with Crippen LogP contribution in [-0.2, 0) is 24.3 Å². The molecule has 1 aromatic carbocycles. The van der Waals surface area contributed by atoms with Gasteiger partial charge in [0, 0.05) is 25.6 Å². The minimum atomic E-state index is -3.74. The Bertz CT molecular complexity index is 779. The molecule has 1 atom stereocenters. The van der Waals surface area contributed by atoms with Crippen molar-refractivity contribution >= 4 is 21.9 Å². The SMILES string of the molecule is CCNC(=O)[C@H](C)OC(=O)CCCNS(=O)(=O)c1ccc2c(c1)OCCO2. The average Bonchev–Trinajstić information content (AvgIpc) is 2.65. The van der Waals surface area contributed by atoms with E-state index in [4.69, 9.17) is 14.2 Å². The van der Waals surface area contributed by atoms with E-state index in [0.717, 1.165) is 0 Å². The number of sulfonamides is 1. The van der Waals surface area contributed by atoms with Gasteiger partial charge < -0.3 is 19.5 Å². The Balaban J connectivity index is 1.79. The number of carbonyl (C=O) groups is 2. The first-order valence-corrected chi connectivity index (χ1v) is 10.2. The van der Waals surface area contributed by atoms with Crippen molar-refractivity contribution in [2.45, 2.75) is 37.7 Å². The lowest BCUT2D eigenvalue weighted by Gasteiger charge is -2.18. The minimum Gasteiger partial charge on any atom is -0.486 e. The van der Waals surface area contributed by atoms with E-state index < -0.39 is 22.1 Å². The zero-order valence-electron chi connectivity index (χ0n) is 15.3. The number of esters is 1. The normalized spacial score (nSPS) is 14.3. The fraction of sp³-hybridized carbons (Fsp3) is 0.529. The number of carbonyl (C=O) groups excluding carboxylic acids is 2. The van der Waals surface area contributed by atoms with Crippen LogP contribution in [-0.4, -0.2) is 52.7 Å². The second-order valence-corrected chi connectivity index (χ2v) is 7.60. The van der Waals surface area contributed by atoms with Gasteiger partial charge in [-0.15, -0.1) is 0 Å². The first-order valence-electron chi connectivity index (χ1n) is 8.70. The van der Waals surface area contributed by atoms with Gasteiger partial charge in [0.25, 0.3) is 5.91 Å². The molecule has 1 amide bonds. The van der Waals surface area contributed by atoms with E-state index in [-0.39, 0.29) is 30.2 Å². The molecule has 0 saturated heterocycles. The van der Waals surface area contributed by atoms with Crippen LogP contribution in [0, 0.1) is 0 Å². The Labute approximate surface area is 158 Å². The molecule has 0 unspecified atom stereocenters. The van der Waals surface area contributed by atoms with Gasteiger partial charge in [-0.05, 0) is 32.4 Å². The summed E-state index contributed by atoms with van der Waals surface area (Å²) in [7, 11) is -3.74. The van der Waals surface area contributed by atoms with Crippen molar-refractivity contribution in [2.24, 2.45) is 0 Å². The number of hydrogen-bond donors (Lipinski definition) is 2. The Hall–Kier alpha value is -2.33. The van der Waals surface area contributed by atoms with E-state index in [9.17, 15) is 18.0 Å². The van der Waals surface area contributed by atoms with Crippen LogP contribution in [0.1, 0.15) is 26.7 Å². The molecule has 0 bridgehead atoms. The Morgan fingerprint density at radius 3 is 2.63 bits per heavy atom. The van der Waals surface area contributed by atoms with Gasteiger partial charge in [0.1, 0.15) is 13.2 Å². The molecule has 9 nitrogen and oxygen atoms in total. The van der Waals surface area contributed by atoms with Gasteiger partial charge in [0.15, 0.2) is 17.6 Å². The lowest BCUT2D eigenvalue weighted by Crippen LogP contribution is -2.35. The van der Waals surface area contributed by atoms with Crippen molar-refractivity contribution in [3.63, 3.8) is 0 Å². The van der Waals surface area contributed by atoms with Crippen LogP contribution < -0.4 is 19.5 Å². The predicted octanol–water partition coefficient (Wildman–Crippen LogP) is 0.584. The second-order valence-electron chi connectivity index (χ2n) is 5.83. The molecular formula is C17H24N2O7S. The molecule has 1 heterocycles. The molecular weight excluding hydrogens is 376 g/mol. The molecule has 0 aliphatic carbocycles. The molecule has 0 fully saturated rings. The highest BCUT2D eigenvalue weighted by molar-refractivity contribution is 7.89. The summed E-state index contributed by atoms with van der Waals surface area (Å²) in [5.41, 5.74) is 0. The topological polar surface area (TPSA) is 120 Å². The largest absolute Gasteiger partial charge is 0.486 e. The summed E-state index contributed by atoms with van der Waals surface area (Å²) in [4.78, 5) is 23.3. The summed E-state index contributed by atoms with van der Waals surface area (Å²) in [6.45, 7) is 4.53. The number of likely N-dealkylation sites (N-methyl/N-ethyl adjacent to an activating group) is 1. The van der Waals surface area contributed by atoms with Crippen molar-refractivity contribution in [3.05, 3.63) is 18.2 Å². The number of fused-ring (bicyclic) bond motifs is 1. The highest BCUT2D eigenvalue weighted by Crippen LogP contribution is 2.32. The molecule has 0 saturated carbocycles. The molecule has 2 rings (SSSR count). The van der Waals surface area contributed by atoms with E-state index in [1.807, 2.05) is 0 Å². The van der Waals surface area contributed by atoms with Crippen molar-refractivity contribution in [2.75, 3.05) is 26.3 Å². The number of benzene rings is 1. The summed E-state index contributed by atoms with van der Waals surface area (Å²) >= 11 is 0. The summed E-state index contributed by atoms with van der Waals surface area (Å²) in [6, 6.07) is 4.38. The maximum absolute atomic E-state index is 12.3. The molecule has 1 aliphatic heterocycles. The minimum absolute atomic E-state index is 0.00654. The third-order valence-electron chi connectivity index (χ3n) is 3.70. The predicted molar refractivity (Wildman–Crippen MR) is 96.1 cm³/mol. The molecule has 1 aromatic rings. The first-order chi connectivity index (χ1) is 12.8. The smallest absolute Gasteiger partial charge is 0.306 e. The lowest BCUT2D eigenvalue weighted by molar-refractivity contribution is -0.154. The molecule has 10 heteroatoms. The van der Waals surface area contributed by atoms with Gasteiger partial charge in [-0.2, -0.15) is 0 Å². The van der Waals surface area contributed by atoms with Gasteiger partial charge in [-0.1, -0.05) is 0 Å². The van der Waals surface area contributed by atoms with Crippen molar-refractivity contribution in [3.8, 4) is 11.5 Å². The number of rotatable bonds is 9. The van der Waals surface area contributed by atoms with Crippen LogP contribution in [0.5, 0.6) is 11.5 Å². The summed E-state index contributed by atoms with van der Waals surface area (Å²) in [6.07, 6.45) is -0.648. The van der Waals surface area contributed by atoms with Crippen molar-refractivity contribution in [1.29, 1.82) is 0 Å². The molecule has 1 aliphatic rings. The van der Waals surface area contributed by atoms with Gasteiger partial charge in [-0.25, -0.2) is 13.1 Å². The van der Waals surface area contributed by atoms with Gasteiger partial charge in [-0.3, -0.25) is 9.59 Å². The van der Waals surface area contributed by atoms with Crippen molar-refractivity contribution < 1.29 is 32.2 Å². The number of ether oxygens (including phenoxy) is 3. The maximum atomic E-state index is 12.3. The summed E-state index contributed by atoms with van der Waals surface area (Å²) in [5.74, 6) is -0.0475. The molecule has 0 radical (unpaired) electrons. The fourth-order valence-electron chi connectivity index (χ4n) is 2.34. The fourth-order valence-corrected chi connectivity index (χ4v) is 3.43. The first kappa shape index (κ1) is 21.0. The van der Waals surface area contributed by atoms with Crippen LogP contribution >= 0.6 is 0 Å². The van der Waals surface area contributed by atoms with E-state index in [1.54, 1.807) is 13.0 Å². The van der Waals surface area contributed by atoms with Crippen molar-refractivity contribution in [1.82, 2.24) is 10.0 Å². The third kappa shape index (κ3) is 6.10. The molecule has 27 heavy (non-hydrogen) atoms. The van der Waals surface area contributed by atoms with Gasteiger partial charge >= 0.3 is 5.97 Å². The highest BCUT2D eigenvalue weighted by atomic mass is 32.2. The molecule has 0 spiro atoms. The molecule has 2 N–H and O–H groups in total. The van der Waals surface area contributed by atoms with Gasteiger partial charge in [0.05, 0.1) is 4.90 Å². The number of hydrogen-bond acceptors (Lipinski definition) is 7. The average molecular weight is 400 g/mol. The second kappa shape index (κ2) is 9.56. The quantitative estimate of drug-likeness (QED) is 0.460. The van der Waals surface area contributed by atoms with E-state index in [0.29, 0.717) is 31.3 Å². The monoisotopic (exact) mass is 400 g/mol. The van der Waals surface area contributed by atoms with Gasteiger partial charge in [0.2, 0.25) is 10.0 Å². The van der Waals surface area contributed by atoms with E-state index in [1.165, 1.54) is 19.1 Å². The number of amides is 1. The Morgan fingerprint density at radius 1 is 1.22 bits per heavy atom. The zero-order valence-corrected chi connectivity index (χ0v) is 16.1. The van der Waals surface area contributed by atoms with E-state index >= 15 is 0 Å². The van der Waals surface area contributed by atoms with Crippen LogP contribution in [0.2, 0.25) is 0 Å². The van der Waals surface area contributed by atoms with Crippen LogP contribution in [0.3, 0.4) is 0 Å². The maximum Gasteiger partial charge on any atom is 0.306 e. The standard InChI is InChI=1S/C17H24N2O7S/c1-3-18-17(21)12(2)26-16(20)5-4-8-19-27(22,23)13-6-7-14-15(11-13)25-10-9-24-14/h6-7,11-12,19H,3-5,8-10H2,1-2H3,(H,18,21)/t12-/m0/s1.